The van der Waals surface area contributed by atoms with Crippen LogP contribution in [0.3, 0.4) is 0 Å². The highest BCUT2D eigenvalue weighted by Gasteiger charge is 2.11. The summed E-state index contributed by atoms with van der Waals surface area (Å²) in [6, 6.07) is 21.4. The van der Waals surface area contributed by atoms with Crippen LogP contribution in [0.1, 0.15) is 41.0 Å². The number of unbranched alkanes of at least 4 members (excludes halogenated alkanes) is 1. The molecule has 0 spiro atoms. The lowest BCUT2D eigenvalue weighted by Crippen LogP contribution is -2.25. The third kappa shape index (κ3) is 6.86. The maximum Gasteiger partial charge on any atom is 0.251 e. The number of hydrogen-bond acceptors (Lipinski definition) is 3. The Morgan fingerprint density at radius 2 is 1.86 bits per heavy atom. The zero-order chi connectivity index (χ0) is 24.6. The largest absolute Gasteiger partial charge is 0.494 e. The summed E-state index contributed by atoms with van der Waals surface area (Å²) >= 11 is 9.49. The summed E-state index contributed by atoms with van der Waals surface area (Å²) < 4.78 is 9.16. The molecule has 1 N–H and O–H groups in total. The molecule has 0 atom stereocenters. The van der Waals surface area contributed by atoms with Crippen LogP contribution in [0.4, 0.5) is 0 Å². The van der Waals surface area contributed by atoms with E-state index in [1.54, 1.807) is 0 Å². The number of aromatic nitrogens is 2. The number of carbonyl (C=O) groups is 1. The van der Waals surface area contributed by atoms with Crippen molar-refractivity contribution < 1.29 is 9.53 Å². The normalized spacial score (nSPS) is 11.1. The van der Waals surface area contributed by atoms with E-state index in [-0.39, 0.29) is 5.91 Å². The molecule has 0 unspecified atom stereocenters. The fraction of sp³-hybridized carbons (Fsp3) is 0.286. The summed E-state index contributed by atoms with van der Waals surface area (Å²) in [4.78, 5) is 17.2. The number of hydrogen-bond donors (Lipinski definition) is 1. The molecule has 182 valence electrons. The molecule has 1 amide bonds. The second kappa shape index (κ2) is 12.2. The van der Waals surface area contributed by atoms with Gasteiger partial charge in [-0.25, -0.2) is 4.98 Å². The average molecular weight is 555 g/mol. The van der Waals surface area contributed by atoms with Crippen LogP contribution in [0, 0.1) is 6.92 Å². The van der Waals surface area contributed by atoms with Crippen molar-refractivity contribution in [2.45, 2.75) is 39.2 Å². The molecular weight excluding hydrogens is 526 g/mol. The Morgan fingerprint density at radius 3 is 2.66 bits per heavy atom. The second-order valence-corrected chi connectivity index (χ2v) is 9.82. The smallest absolute Gasteiger partial charge is 0.251 e. The van der Waals surface area contributed by atoms with Crippen LogP contribution in [0.2, 0.25) is 5.02 Å². The van der Waals surface area contributed by atoms with Crippen molar-refractivity contribution in [2.24, 2.45) is 0 Å². The fourth-order valence-corrected chi connectivity index (χ4v) is 4.37. The lowest BCUT2D eigenvalue weighted by atomic mass is 10.2. The number of amides is 1. The first-order valence-electron chi connectivity index (χ1n) is 11.9. The highest BCUT2D eigenvalue weighted by Crippen LogP contribution is 2.22. The van der Waals surface area contributed by atoms with Crippen molar-refractivity contribution in [3.05, 3.63) is 93.2 Å². The van der Waals surface area contributed by atoms with Gasteiger partial charge in [0.05, 0.1) is 17.6 Å². The van der Waals surface area contributed by atoms with Gasteiger partial charge < -0.3 is 14.6 Å². The molecular formula is C28H29BrClN3O2. The van der Waals surface area contributed by atoms with Crippen molar-refractivity contribution in [2.75, 3.05) is 13.2 Å². The molecule has 4 rings (SSSR count). The van der Waals surface area contributed by atoms with Crippen molar-refractivity contribution in [3.63, 3.8) is 0 Å². The minimum absolute atomic E-state index is 0.0538. The van der Waals surface area contributed by atoms with E-state index in [4.69, 9.17) is 21.3 Å². The monoisotopic (exact) mass is 553 g/mol. The molecule has 0 aliphatic carbocycles. The van der Waals surface area contributed by atoms with Crippen LogP contribution in [-0.4, -0.2) is 28.6 Å². The van der Waals surface area contributed by atoms with E-state index in [0.29, 0.717) is 18.7 Å². The van der Waals surface area contributed by atoms with Crippen molar-refractivity contribution in [1.29, 1.82) is 0 Å². The Hall–Kier alpha value is -2.83. The van der Waals surface area contributed by atoms with Gasteiger partial charge in [0, 0.05) is 34.6 Å². The maximum absolute atomic E-state index is 12.4. The van der Waals surface area contributed by atoms with E-state index in [1.807, 2.05) is 55.5 Å². The van der Waals surface area contributed by atoms with Crippen LogP contribution in [0.15, 0.2) is 71.2 Å². The van der Waals surface area contributed by atoms with E-state index < -0.39 is 0 Å². The molecule has 1 heterocycles. The van der Waals surface area contributed by atoms with Gasteiger partial charge in [-0.05, 0) is 86.3 Å². The molecule has 4 aromatic rings. The van der Waals surface area contributed by atoms with Crippen LogP contribution in [-0.2, 0) is 13.0 Å². The van der Waals surface area contributed by atoms with Crippen LogP contribution in [0.5, 0.6) is 5.75 Å². The molecule has 35 heavy (non-hydrogen) atoms. The fourth-order valence-electron chi connectivity index (χ4n) is 3.99. The zero-order valence-electron chi connectivity index (χ0n) is 19.8. The SMILES string of the molecule is Cc1cc(OCCCCn2c(CCCNC(=O)c3ccc(Br)cc3)nc3ccccc32)ccc1Cl. The third-order valence-electron chi connectivity index (χ3n) is 5.88. The van der Waals surface area contributed by atoms with Gasteiger partial charge in [-0.15, -0.1) is 0 Å². The van der Waals surface area contributed by atoms with Gasteiger partial charge in [-0.2, -0.15) is 0 Å². The molecule has 0 radical (unpaired) electrons. The van der Waals surface area contributed by atoms with Crippen LogP contribution < -0.4 is 10.1 Å². The van der Waals surface area contributed by atoms with E-state index in [1.165, 1.54) is 0 Å². The number of benzene rings is 3. The predicted octanol–water partition coefficient (Wildman–Crippen LogP) is 6.98. The number of fused-ring (bicyclic) bond motifs is 1. The summed E-state index contributed by atoms with van der Waals surface area (Å²) in [5.74, 6) is 1.85. The first-order valence-corrected chi connectivity index (χ1v) is 13.1. The summed E-state index contributed by atoms with van der Waals surface area (Å²) in [6.45, 7) is 4.12. The Morgan fingerprint density at radius 1 is 1.06 bits per heavy atom. The van der Waals surface area contributed by atoms with Crippen molar-refractivity contribution in [3.8, 4) is 5.75 Å². The Labute approximate surface area is 219 Å². The summed E-state index contributed by atoms with van der Waals surface area (Å²) in [6.07, 6.45) is 3.55. The number of nitrogens with zero attached hydrogens (tertiary/aromatic N) is 2. The van der Waals surface area contributed by atoms with Gasteiger partial charge >= 0.3 is 0 Å². The lowest BCUT2D eigenvalue weighted by molar-refractivity contribution is 0.0953. The Bertz CT molecular complexity index is 1290. The minimum atomic E-state index is -0.0538. The zero-order valence-corrected chi connectivity index (χ0v) is 22.1. The molecule has 0 aliphatic rings. The maximum atomic E-state index is 12.4. The molecule has 0 fully saturated rings. The number of rotatable bonds is 11. The van der Waals surface area contributed by atoms with Crippen molar-refractivity contribution >= 4 is 44.5 Å². The van der Waals surface area contributed by atoms with Gasteiger partial charge in [-0.3, -0.25) is 4.79 Å². The van der Waals surface area contributed by atoms with Crippen LogP contribution >= 0.6 is 27.5 Å². The number of nitrogens with one attached hydrogen (secondary N) is 1. The molecule has 0 bridgehead atoms. The molecule has 1 aromatic heterocycles. The van der Waals surface area contributed by atoms with E-state index >= 15 is 0 Å². The first-order chi connectivity index (χ1) is 17.0. The number of imidazole rings is 1. The molecule has 0 saturated carbocycles. The highest BCUT2D eigenvalue weighted by molar-refractivity contribution is 9.10. The summed E-state index contributed by atoms with van der Waals surface area (Å²) in [7, 11) is 0. The number of ether oxygens (including phenoxy) is 1. The average Bonchev–Trinajstić information content (AvgIpc) is 3.21. The molecule has 0 saturated heterocycles. The number of para-hydroxylation sites is 2. The molecule has 0 aliphatic heterocycles. The van der Waals surface area contributed by atoms with E-state index in [9.17, 15) is 4.79 Å². The molecule has 7 heteroatoms. The molecule has 3 aromatic carbocycles. The number of halogens is 2. The van der Waals surface area contributed by atoms with Crippen LogP contribution in [0.25, 0.3) is 11.0 Å². The van der Waals surface area contributed by atoms with Gasteiger partial charge in [0.25, 0.3) is 5.91 Å². The predicted molar refractivity (Wildman–Crippen MR) is 145 cm³/mol. The summed E-state index contributed by atoms with van der Waals surface area (Å²) in [5, 5.41) is 3.76. The summed E-state index contributed by atoms with van der Waals surface area (Å²) in [5.41, 5.74) is 3.84. The van der Waals surface area contributed by atoms with Crippen molar-refractivity contribution in [1.82, 2.24) is 14.9 Å². The Kier molecular flexibility index (Phi) is 8.83. The number of aryl methyl sites for hydroxylation is 3. The van der Waals surface area contributed by atoms with E-state index in [0.717, 1.165) is 69.9 Å². The topological polar surface area (TPSA) is 56.1 Å². The number of carbonyl (C=O) groups excluding carboxylic acids is 1. The Balaban J connectivity index is 1.28. The highest BCUT2D eigenvalue weighted by atomic mass is 79.9. The van der Waals surface area contributed by atoms with Gasteiger partial charge in [0.1, 0.15) is 11.6 Å². The van der Waals surface area contributed by atoms with Gasteiger partial charge in [0.15, 0.2) is 0 Å². The first kappa shape index (κ1) is 25.3. The lowest BCUT2D eigenvalue weighted by Gasteiger charge is -2.11. The quantitative estimate of drug-likeness (QED) is 0.203. The minimum Gasteiger partial charge on any atom is -0.494 e. The second-order valence-electron chi connectivity index (χ2n) is 8.50. The van der Waals surface area contributed by atoms with Gasteiger partial charge in [-0.1, -0.05) is 39.7 Å². The molecule has 5 nitrogen and oxygen atoms in total. The standard InChI is InChI=1S/C28H29BrClN3O2/c1-20-19-23(14-15-24(20)30)35-18-5-4-17-33-26-8-3-2-7-25(26)32-27(33)9-6-16-31-28(34)21-10-12-22(29)13-11-21/h2-3,7-8,10-15,19H,4-6,9,16-18H2,1H3,(H,31,34). The van der Waals surface area contributed by atoms with E-state index in [2.05, 4.69) is 44.0 Å². The third-order valence-corrected chi connectivity index (χ3v) is 6.83. The van der Waals surface area contributed by atoms with Gasteiger partial charge in [0.2, 0.25) is 0 Å².